The normalized spacial score (nSPS) is 35.1. The SMILES string of the molecule is CC(C)CCC[C@H](C)[C@H]1CCC2C3CC=C4C[C@@H](OC(=O)CCCCCCC(=O)N5C[C@H](O)C[C@H]5CO[P+](=O)OCCO)CC[C@]4(C)C3CC[C@@]21C. The zero-order valence-electron chi connectivity index (χ0n) is 33.1. The average molecular weight is 749 g/mol. The Morgan fingerprint density at radius 3 is 2.48 bits per heavy atom. The molecule has 0 bridgehead atoms. The standard InChI is InChI=1S/C42H71NO8P/c1-29(2)11-10-12-30(3)36-17-18-37-35-16-15-31-25-34(19-21-41(31,4)38(35)20-22-42(36,37)5)51-40(47)14-9-7-6-8-13-39(46)43-27-33(45)26-32(43)28-50-52(48)49-24-23-44/h15,29-30,32-38,44-45H,6-14,16-28H2,1-5H3/q+1/t30-,32-,33+,34-,35?,36+,37?,38?,41-,42+/m0/s1. The number of fused-ring (bicyclic) bond motifs is 5. The Morgan fingerprint density at radius 1 is 0.962 bits per heavy atom. The maximum absolute atomic E-state index is 12.9. The lowest BCUT2D eigenvalue weighted by molar-refractivity contribution is -0.151. The van der Waals surface area contributed by atoms with E-state index in [4.69, 9.17) is 18.9 Å². The molecule has 5 aliphatic rings. The molecule has 3 saturated carbocycles. The number of carbonyl (C=O) groups excluding carboxylic acids is 2. The van der Waals surface area contributed by atoms with E-state index in [1.54, 1.807) is 10.5 Å². The van der Waals surface area contributed by atoms with Gasteiger partial charge in [0, 0.05) is 30.4 Å². The molecule has 4 fully saturated rings. The van der Waals surface area contributed by atoms with E-state index in [-0.39, 0.29) is 55.8 Å². The topological polar surface area (TPSA) is 123 Å². The molecule has 4 aliphatic carbocycles. The fourth-order valence-corrected chi connectivity index (χ4v) is 12.3. The van der Waals surface area contributed by atoms with Crippen molar-refractivity contribution in [3.63, 3.8) is 0 Å². The number of ether oxygens (including phenoxy) is 1. The van der Waals surface area contributed by atoms with Crippen molar-refractivity contribution in [1.82, 2.24) is 4.90 Å². The van der Waals surface area contributed by atoms with Gasteiger partial charge in [0.2, 0.25) is 5.91 Å². The van der Waals surface area contributed by atoms with Crippen LogP contribution in [0.2, 0.25) is 0 Å². The summed E-state index contributed by atoms with van der Waals surface area (Å²) in [6.45, 7) is 12.4. The Bertz CT molecular complexity index is 1240. The summed E-state index contributed by atoms with van der Waals surface area (Å²) in [5.74, 6) is 4.80. The second-order valence-electron chi connectivity index (χ2n) is 18.2. The molecule has 10 heteroatoms. The smallest absolute Gasteiger partial charge is 0.462 e. The highest BCUT2D eigenvalue weighted by Gasteiger charge is 2.59. The predicted molar refractivity (Wildman–Crippen MR) is 203 cm³/mol. The first kappa shape index (κ1) is 41.8. The van der Waals surface area contributed by atoms with Crippen LogP contribution >= 0.6 is 8.25 Å². The summed E-state index contributed by atoms with van der Waals surface area (Å²) in [6, 6.07) is -0.353. The molecule has 1 heterocycles. The maximum Gasteiger partial charge on any atom is 0.697 e. The molecule has 2 N–H and O–H groups in total. The Kier molecular flexibility index (Phi) is 15.2. The van der Waals surface area contributed by atoms with Gasteiger partial charge in [0.05, 0.1) is 18.8 Å². The second kappa shape index (κ2) is 19.0. The number of nitrogens with zero attached hydrogens (tertiary/aromatic N) is 1. The van der Waals surface area contributed by atoms with Crippen LogP contribution in [0.3, 0.4) is 0 Å². The summed E-state index contributed by atoms with van der Waals surface area (Å²) in [5.41, 5.74) is 2.31. The van der Waals surface area contributed by atoms with Crippen LogP contribution in [-0.2, 0) is 27.9 Å². The van der Waals surface area contributed by atoms with E-state index in [0.717, 1.165) is 74.0 Å². The molecule has 0 spiro atoms. The van der Waals surface area contributed by atoms with Crippen LogP contribution in [0, 0.1) is 46.3 Å². The summed E-state index contributed by atoms with van der Waals surface area (Å²) in [6.07, 6.45) is 20.1. The number of hydrogen-bond acceptors (Lipinski definition) is 8. The minimum atomic E-state index is -2.37. The minimum Gasteiger partial charge on any atom is -0.462 e. The van der Waals surface area contributed by atoms with Gasteiger partial charge in [-0.25, -0.2) is 0 Å². The molecule has 296 valence electrons. The molecule has 0 aromatic heterocycles. The lowest BCUT2D eigenvalue weighted by atomic mass is 9.47. The van der Waals surface area contributed by atoms with Crippen molar-refractivity contribution >= 4 is 20.1 Å². The van der Waals surface area contributed by atoms with Gasteiger partial charge in [0.1, 0.15) is 19.3 Å². The molecule has 0 aromatic carbocycles. The molecule has 11 atom stereocenters. The Morgan fingerprint density at radius 2 is 1.73 bits per heavy atom. The Hall–Kier alpha value is -1.38. The van der Waals surface area contributed by atoms with Crippen LogP contribution in [0.1, 0.15) is 150 Å². The zero-order chi connectivity index (χ0) is 37.5. The molecule has 4 unspecified atom stereocenters. The van der Waals surface area contributed by atoms with E-state index in [1.807, 2.05) is 0 Å². The number of hydrogen-bond donors (Lipinski definition) is 2. The quantitative estimate of drug-likeness (QED) is 0.0581. The third-order valence-corrected chi connectivity index (χ3v) is 15.2. The average Bonchev–Trinajstić information content (AvgIpc) is 3.66. The van der Waals surface area contributed by atoms with E-state index < -0.39 is 14.4 Å². The molecule has 9 nitrogen and oxygen atoms in total. The zero-order valence-corrected chi connectivity index (χ0v) is 34.0. The number of aliphatic hydroxyl groups excluding tert-OH is 2. The van der Waals surface area contributed by atoms with Gasteiger partial charge < -0.3 is 19.8 Å². The molecule has 52 heavy (non-hydrogen) atoms. The second-order valence-corrected chi connectivity index (χ2v) is 19.2. The van der Waals surface area contributed by atoms with Crippen molar-refractivity contribution < 1.29 is 38.2 Å². The number of amides is 1. The molecular formula is C42H71NO8P+. The van der Waals surface area contributed by atoms with Crippen molar-refractivity contribution in [1.29, 1.82) is 0 Å². The van der Waals surface area contributed by atoms with Crippen LogP contribution in [0.4, 0.5) is 0 Å². The highest BCUT2D eigenvalue weighted by atomic mass is 31.1. The van der Waals surface area contributed by atoms with Crippen LogP contribution in [0.25, 0.3) is 0 Å². The highest BCUT2D eigenvalue weighted by Crippen LogP contribution is 2.67. The van der Waals surface area contributed by atoms with Crippen LogP contribution in [-0.4, -0.2) is 71.6 Å². The first-order chi connectivity index (χ1) is 24.9. The Balaban J connectivity index is 1.00. The van der Waals surface area contributed by atoms with Gasteiger partial charge in [-0.2, -0.15) is 0 Å². The largest absolute Gasteiger partial charge is 0.697 e. The molecular weight excluding hydrogens is 677 g/mol. The fraction of sp³-hybridized carbons (Fsp3) is 0.905. The number of allylic oxidation sites excluding steroid dienone is 1. The van der Waals surface area contributed by atoms with Crippen LogP contribution in [0.15, 0.2) is 11.6 Å². The van der Waals surface area contributed by atoms with E-state index in [0.29, 0.717) is 31.1 Å². The third kappa shape index (κ3) is 10.1. The van der Waals surface area contributed by atoms with Crippen LogP contribution < -0.4 is 0 Å². The minimum absolute atomic E-state index is 0.00970. The van der Waals surface area contributed by atoms with Crippen molar-refractivity contribution in [3.05, 3.63) is 11.6 Å². The number of carbonyl (C=O) groups is 2. The summed E-state index contributed by atoms with van der Waals surface area (Å²) in [4.78, 5) is 27.4. The third-order valence-electron chi connectivity index (χ3n) is 14.5. The summed E-state index contributed by atoms with van der Waals surface area (Å²) in [7, 11) is -2.37. The molecule has 0 radical (unpaired) electrons. The number of esters is 1. The van der Waals surface area contributed by atoms with Gasteiger partial charge in [-0.15, -0.1) is 9.05 Å². The lowest BCUT2D eigenvalue weighted by Gasteiger charge is -2.58. The van der Waals surface area contributed by atoms with Gasteiger partial charge in [-0.3, -0.25) is 9.59 Å². The first-order valence-electron chi connectivity index (χ1n) is 21.1. The predicted octanol–water partition coefficient (Wildman–Crippen LogP) is 8.92. The maximum atomic E-state index is 12.9. The number of rotatable bonds is 19. The van der Waals surface area contributed by atoms with E-state index in [2.05, 4.69) is 40.7 Å². The van der Waals surface area contributed by atoms with E-state index in [9.17, 15) is 19.3 Å². The van der Waals surface area contributed by atoms with Crippen molar-refractivity contribution in [2.45, 2.75) is 168 Å². The number of aliphatic hydroxyl groups is 2. The van der Waals surface area contributed by atoms with Gasteiger partial charge in [0.15, 0.2) is 0 Å². The number of likely N-dealkylation sites (tertiary alicyclic amines) is 1. The summed E-state index contributed by atoms with van der Waals surface area (Å²) < 4.78 is 27.9. The van der Waals surface area contributed by atoms with Gasteiger partial charge in [0.25, 0.3) is 0 Å². The highest BCUT2D eigenvalue weighted by molar-refractivity contribution is 7.33. The summed E-state index contributed by atoms with van der Waals surface area (Å²) in [5, 5.41) is 18.9. The van der Waals surface area contributed by atoms with E-state index >= 15 is 0 Å². The number of β-amino-alcohol motifs (C(OH)–C–C–N with tert-alkyl or cyclic N) is 1. The number of unbranched alkanes of at least 4 members (excludes halogenated alkanes) is 3. The summed E-state index contributed by atoms with van der Waals surface area (Å²) >= 11 is 0. The molecule has 1 saturated heterocycles. The van der Waals surface area contributed by atoms with Gasteiger partial charge in [-0.05, 0) is 111 Å². The Labute approximate surface area is 315 Å². The molecule has 1 aliphatic heterocycles. The lowest BCUT2D eigenvalue weighted by Crippen LogP contribution is -2.51. The fourth-order valence-electron chi connectivity index (χ4n) is 11.7. The molecule has 5 rings (SSSR count). The molecule has 0 aromatic rings. The van der Waals surface area contributed by atoms with Crippen molar-refractivity contribution in [3.8, 4) is 0 Å². The van der Waals surface area contributed by atoms with E-state index in [1.165, 1.54) is 51.4 Å². The van der Waals surface area contributed by atoms with Crippen LogP contribution in [0.5, 0.6) is 0 Å². The van der Waals surface area contributed by atoms with Crippen molar-refractivity contribution in [2.75, 3.05) is 26.4 Å². The van der Waals surface area contributed by atoms with Crippen molar-refractivity contribution in [2.24, 2.45) is 46.3 Å². The first-order valence-corrected chi connectivity index (χ1v) is 22.2. The van der Waals surface area contributed by atoms with Gasteiger partial charge in [-0.1, -0.05) is 78.4 Å². The monoisotopic (exact) mass is 748 g/mol. The molecule has 1 amide bonds. The van der Waals surface area contributed by atoms with Gasteiger partial charge >= 0.3 is 14.2 Å².